The van der Waals surface area contributed by atoms with E-state index < -0.39 is 16.4 Å². The van der Waals surface area contributed by atoms with Gasteiger partial charge < -0.3 is 4.90 Å². The Hall–Kier alpha value is -2.47. The number of rotatable bonds is 4. The van der Waals surface area contributed by atoms with Crippen LogP contribution in [0.4, 0.5) is 15.8 Å². The fourth-order valence-electron chi connectivity index (χ4n) is 2.93. The summed E-state index contributed by atoms with van der Waals surface area (Å²) in [4.78, 5) is 14.7. The highest BCUT2D eigenvalue weighted by Gasteiger charge is 2.26. The second-order valence-corrected chi connectivity index (χ2v) is 5.61. The van der Waals surface area contributed by atoms with Gasteiger partial charge >= 0.3 is 5.69 Å². The lowest BCUT2D eigenvalue weighted by Gasteiger charge is -2.35. The first-order valence-electron chi connectivity index (χ1n) is 7.59. The highest BCUT2D eigenvalue weighted by Crippen LogP contribution is 2.31. The van der Waals surface area contributed by atoms with Crippen LogP contribution in [0, 0.1) is 15.9 Å². The van der Waals surface area contributed by atoms with Gasteiger partial charge in [-0.15, -0.1) is 0 Å². The normalized spacial score (nSPS) is 15.6. The summed E-state index contributed by atoms with van der Waals surface area (Å²) in [5, 5.41) is 11.1. The first-order chi connectivity index (χ1) is 11.1. The summed E-state index contributed by atoms with van der Waals surface area (Å²) in [6, 6.07) is 14.5. The van der Waals surface area contributed by atoms with Crippen LogP contribution in [0.1, 0.15) is 5.56 Å². The van der Waals surface area contributed by atoms with Gasteiger partial charge in [0.2, 0.25) is 5.82 Å². The number of nitro groups is 1. The van der Waals surface area contributed by atoms with Crippen LogP contribution in [0.2, 0.25) is 0 Å². The van der Waals surface area contributed by atoms with Gasteiger partial charge in [-0.25, -0.2) is 0 Å². The van der Waals surface area contributed by atoms with Crippen LogP contribution in [0.5, 0.6) is 0 Å². The number of piperazine rings is 1. The summed E-state index contributed by atoms with van der Waals surface area (Å²) in [6.45, 7) is 3.75. The molecule has 0 aromatic heterocycles. The molecule has 6 heteroatoms. The van der Waals surface area contributed by atoms with Gasteiger partial charge in [0.1, 0.15) is 5.69 Å². The molecule has 0 aliphatic carbocycles. The predicted octanol–water partition coefficient (Wildman–Crippen LogP) is 3.06. The maximum Gasteiger partial charge on any atom is 0.327 e. The molecule has 0 unspecified atom stereocenters. The second-order valence-electron chi connectivity index (χ2n) is 5.61. The third-order valence-electron chi connectivity index (χ3n) is 4.11. The summed E-state index contributed by atoms with van der Waals surface area (Å²) in [6.07, 6.45) is 0. The third-order valence-corrected chi connectivity index (χ3v) is 4.11. The van der Waals surface area contributed by atoms with Gasteiger partial charge in [-0.3, -0.25) is 15.0 Å². The van der Waals surface area contributed by atoms with Crippen molar-refractivity contribution in [1.82, 2.24) is 4.90 Å². The zero-order valence-electron chi connectivity index (χ0n) is 12.7. The van der Waals surface area contributed by atoms with Gasteiger partial charge in [-0.05, 0) is 17.7 Å². The molecule has 1 fully saturated rings. The molecule has 23 heavy (non-hydrogen) atoms. The molecule has 0 spiro atoms. The van der Waals surface area contributed by atoms with E-state index in [9.17, 15) is 14.5 Å². The van der Waals surface area contributed by atoms with E-state index in [1.165, 1.54) is 11.6 Å². The monoisotopic (exact) mass is 315 g/mol. The van der Waals surface area contributed by atoms with Crippen molar-refractivity contribution in [2.45, 2.75) is 6.54 Å². The summed E-state index contributed by atoms with van der Waals surface area (Å²) in [7, 11) is 0. The minimum absolute atomic E-state index is 0.370. The Morgan fingerprint density at radius 2 is 1.70 bits per heavy atom. The van der Waals surface area contributed by atoms with Crippen molar-refractivity contribution in [1.29, 1.82) is 0 Å². The van der Waals surface area contributed by atoms with E-state index in [-0.39, 0.29) is 0 Å². The summed E-state index contributed by atoms with van der Waals surface area (Å²) < 4.78 is 13.7. The van der Waals surface area contributed by atoms with Crippen LogP contribution in [-0.4, -0.2) is 36.0 Å². The molecule has 0 N–H and O–H groups in total. The molecule has 0 amide bonds. The van der Waals surface area contributed by atoms with Gasteiger partial charge in [-0.1, -0.05) is 36.4 Å². The van der Waals surface area contributed by atoms with Crippen molar-refractivity contribution < 1.29 is 9.31 Å². The molecule has 1 saturated heterocycles. The van der Waals surface area contributed by atoms with E-state index in [2.05, 4.69) is 17.0 Å². The molecular weight excluding hydrogens is 297 g/mol. The Balaban J connectivity index is 1.68. The number of hydrogen-bond donors (Lipinski definition) is 0. The molecule has 2 aromatic carbocycles. The van der Waals surface area contributed by atoms with E-state index in [1.807, 2.05) is 23.1 Å². The van der Waals surface area contributed by atoms with E-state index in [0.29, 0.717) is 18.8 Å². The zero-order chi connectivity index (χ0) is 16.2. The Labute approximate surface area is 134 Å². The Morgan fingerprint density at radius 3 is 2.35 bits per heavy atom. The van der Waals surface area contributed by atoms with Crippen LogP contribution in [0.3, 0.4) is 0 Å². The average Bonchev–Trinajstić information content (AvgIpc) is 2.56. The number of halogens is 1. The van der Waals surface area contributed by atoms with Crippen LogP contribution < -0.4 is 4.90 Å². The minimum atomic E-state index is -0.779. The minimum Gasteiger partial charge on any atom is -0.363 e. The molecule has 0 atom stereocenters. The molecular formula is C17H18FN3O2. The molecule has 120 valence electrons. The predicted molar refractivity (Wildman–Crippen MR) is 87.0 cm³/mol. The Kier molecular flexibility index (Phi) is 4.52. The highest BCUT2D eigenvalue weighted by atomic mass is 19.1. The third kappa shape index (κ3) is 3.48. The van der Waals surface area contributed by atoms with Crippen LogP contribution >= 0.6 is 0 Å². The summed E-state index contributed by atoms with van der Waals surface area (Å²) >= 11 is 0. The van der Waals surface area contributed by atoms with E-state index in [0.717, 1.165) is 25.7 Å². The highest BCUT2D eigenvalue weighted by molar-refractivity contribution is 5.64. The number of nitro benzene ring substituents is 1. The van der Waals surface area contributed by atoms with E-state index >= 15 is 0 Å². The quantitative estimate of drug-likeness (QED) is 0.643. The van der Waals surface area contributed by atoms with Crippen molar-refractivity contribution >= 4 is 11.4 Å². The molecule has 0 radical (unpaired) electrons. The summed E-state index contributed by atoms with van der Waals surface area (Å²) in [5.74, 6) is -0.779. The maximum atomic E-state index is 13.7. The van der Waals surface area contributed by atoms with Crippen molar-refractivity contribution in [3.8, 4) is 0 Å². The van der Waals surface area contributed by atoms with Gasteiger partial charge in [0.15, 0.2) is 0 Å². The number of benzene rings is 2. The van der Waals surface area contributed by atoms with Gasteiger partial charge in [-0.2, -0.15) is 4.39 Å². The van der Waals surface area contributed by atoms with Crippen LogP contribution in [0.15, 0.2) is 48.5 Å². The summed E-state index contributed by atoms with van der Waals surface area (Å²) in [5.41, 5.74) is 1.19. The molecule has 2 aromatic rings. The first-order valence-corrected chi connectivity index (χ1v) is 7.59. The average molecular weight is 315 g/mol. The smallest absolute Gasteiger partial charge is 0.327 e. The molecule has 3 rings (SSSR count). The van der Waals surface area contributed by atoms with Gasteiger partial charge in [0.05, 0.1) is 4.92 Å². The number of para-hydroxylation sites is 1. The van der Waals surface area contributed by atoms with Crippen molar-refractivity contribution in [2.24, 2.45) is 0 Å². The van der Waals surface area contributed by atoms with Crippen molar-refractivity contribution in [3.63, 3.8) is 0 Å². The lowest BCUT2D eigenvalue weighted by atomic mass is 10.1. The standard InChI is InChI=1S/C17H18FN3O2/c18-15-7-4-8-16(17(15)21(22)23)20-11-9-19(10-12-20)13-14-5-2-1-3-6-14/h1-8H,9-13H2. The van der Waals surface area contributed by atoms with Crippen molar-refractivity contribution in [2.75, 3.05) is 31.1 Å². The topological polar surface area (TPSA) is 49.6 Å². The zero-order valence-corrected chi connectivity index (χ0v) is 12.7. The number of nitrogens with zero attached hydrogens (tertiary/aromatic N) is 3. The second kappa shape index (κ2) is 6.75. The lowest BCUT2D eigenvalue weighted by Crippen LogP contribution is -2.46. The van der Waals surface area contributed by atoms with E-state index in [4.69, 9.17) is 0 Å². The van der Waals surface area contributed by atoms with Crippen LogP contribution in [-0.2, 0) is 6.54 Å². The van der Waals surface area contributed by atoms with Gasteiger partial charge in [0.25, 0.3) is 0 Å². The molecule has 1 heterocycles. The Bertz CT molecular complexity index is 685. The maximum absolute atomic E-state index is 13.7. The first kappa shape index (κ1) is 15.4. The van der Waals surface area contributed by atoms with E-state index in [1.54, 1.807) is 6.07 Å². The lowest BCUT2D eigenvalue weighted by molar-refractivity contribution is -0.386. The molecule has 5 nitrogen and oxygen atoms in total. The molecule has 0 saturated carbocycles. The van der Waals surface area contributed by atoms with Crippen molar-refractivity contribution in [3.05, 3.63) is 70.0 Å². The number of anilines is 1. The molecule has 0 bridgehead atoms. The SMILES string of the molecule is O=[N+]([O-])c1c(F)cccc1N1CCN(Cc2ccccc2)CC1. The van der Waals surface area contributed by atoms with Crippen LogP contribution in [0.25, 0.3) is 0 Å². The largest absolute Gasteiger partial charge is 0.363 e. The number of hydrogen-bond acceptors (Lipinski definition) is 4. The Morgan fingerprint density at radius 1 is 1.00 bits per heavy atom. The van der Waals surface area contributed by atoms with Gasteiger partial charge in [0, 0.05) is 32.7 Å². The fourth-order valence-corrected chi connectivity index (χ4v) is 2.93. The molecule has 1 aliphatic rings. The fraction of sp³-hybridized carbons (Fsp3) is 0.294. The molecule has 1 aliphatic heterocycles.